The predicted octanol–water partition coefficient (Wildman–Crippen LogP) is 3.39. The van der Waals surface area contributed by atoms with Gasteiger partial charge in [-0.3, -0.25) is 0 Å². The Hall–Kier alpha value is -0.940. The maximum absolute atomic E-state index is 8.51. The molecule has 0 aliphatic rings. The molecule has 0 aromatic heterocycles. The average Bonchev–Trinajstić information content (AvgIpc) is 2.04. The van der Waals surface area contributed by atoms with Crippen molar-refractivity contribution in [2.75, 3.05) is 0 Å². The van der Waals surface area contributed by atoms with E-state index in [0.29, 0.717) is 11.7 Å². The maximum Gasteiger partial charge on any atom is 0.0633 e. The molecule has 1 atom stereocenters. The minimum atomic E-state index is 0.381. The highest BCUT2D eigenvalue weighted by Gasteiger charge is 2.02. The van der Waals surface area contributed by atoms with Gasteiger partial charge in [-0.1, -0.05) is 24.6 Å². The van der Waals surface area contributed by atoms with Crippen LogP contribution in [0, 0.1) is 18.3 Å². The number of nitrogens with zero attached hydrogens (tertiary/aromatic N) is 1. The Balaban J connectivity index is 2.59. The molecule has 0 aliphatic heterocycles. The van der Waals surface area contributed by atoms with Gasteiger partial charge in [0.1, 0.15) is 0 Å². The Morgan fingerprint density at radius 3 is 2.92 bits per heavy atom. The highest BCUT2D eigenvalue weighted by atomic mass is 32.2. The Morgan fingerprint density at radius 1 is 1.54 bits per heavy atom. The van der Waals surface area contributed by atoms with E-state index in [0.717, 1.165) is 0 Å². The lowest BCUT2D eigenvalue weighted by atomic mass is 10.2. The van der Waals surface area contributed by atoms with Gasteiger partial charge in [0.05, 0.1) is 6.07 Å². The van der Waals surface area contributed by atoms with E-state index in [2.05, 4.69) is 44.2 Å². The van der Waals surface area contributed by atoms with Crippen LogP contribution >= 0.6 is 11.8 Å². The second-order valence-corrected chi connectivity index (χ2v) is 4.62. The van der Waals surface area contributed by atoms with Gasteiger partial charge < -0.3 is 0 Å². The number of thioether (sulfide) groups is 1. The summed E-state index contributed by atoms with van der Waals surface area (Å²) in [5.41, 5.74) is 1.27. The third-order valence-electron chi connectivity index (χ3n) is 1.71. The topological polar surface area (TPSA) is 23.8 Å². The number of nitriles is 1. The molecule has 1 aromatic rings. The number of benzene rings is 1. The van der Waals surface area contributed by atoms with Crippen LogP contribution in [0.4, 0.5) is 0 Å². The minimum Gasteiger partial charge on any atom is -0.198 e. The molecule has 0 saturated heterocycles. The molecule has 0 fully saturated rings. The fourth-order valence-electron chi connectivity index (χ4n) is 1.09. The summed E-state index contributed by atoms with van der Waals surface area (Å²) in [6.45, 7) is 4.16. The van der Waals surface area contributed by atoms with Gasteiger partial charge in [-0.2, -0.15) is 5.26 Å². The predicted molar refractivity (Wildman–Crippen MR) is 56.7 cm³/mol. The zero-order valence-electron chi connectivity index (χ0n) is 7.95. The van der Waals surface area contributed by atoms with Crippen LogP contribution < -0.4 is 0 Å². The molecule has 0 spiro atoms. The second-order valence-electron chi connectivity index (χ2n) is 3.11. The standard InChI is InChI=1S/C11H13NS/c1-9-4-3-5-11(8-9)13-10(2)6-7-12/h3-5,8,10H,6H2,1-2H3. The van der Waals surface area contributed by atoms with Crippen LogP contribution in [0.15, 0.2) is 29.2 Å². The molecule has 0 amide bonds. The first-order valence-corrected chi connectivity index (χ1v) is 5.20. The van der Waals surface area contributed by atoms with Crippen molar-refractivity contribution in [1.82, 2.24) is 0 Å². The number of hydrogen-bond donors (Lipinski definition) is 0. The van der Waals surface area contributed by atoms with E-state index in [9.17, 15) is 0 Å². The zero-order chi connectivity index (χ0) is 9.68. The lowest BCUT2D eigenvalue weighted by Gasteiger charge is -2.06. The Bertz CT molecular complexity index is 314. The highest BCUT2D eigenvalue weighted by Crippen LogP contribution is 2.25. The van der Waals surface area contributed by atoms with Crippen LogP contribution in [0.3, 0.4) is 0 Å². The fourth-order valence-corrected chi connectivity index (χ4v) is 2.12. The van der Waals surface area contributed by atoms with Gasteiger partial charge in [0.15, 0.2) is 0 Å². The largest absolute Gasteiger partial charge is 0.198 e. The Labute approximate surface area is 83.8 Å². The monoisotopic (exact) mass is 191 g/mol. The zero-order valence-corrected chi connectivity index (χ0v) is 8.77. The van der Waals surface area contributed by atoms with Gasteiger partial charge in [0.25, 0.3) is 0 Å². The Morgan fingerprint density at radius 2 is 2.31 bits per heavy atom. The normalized spacial score (nSPS) is 12.1. The molecule has 68 valence electrons. The summed E-state index contributed by atoms with van der Waals surface area (Å²) >= 11 is 1.76. The molecule has 2 heteroatoms. The van der Waals surface area contributed by atoms with E-state index in [1.807, 2.05) is 0 Å². The van der Waals surface area contributed by atoms with E-state index < -0.39 is 0 Å². The van der Waals surface area contributed by atoms with Crippen LogP contribution in [0.25, 0.3) is 0 Å². The van der Waals surface area contributed by atoms with Crippen molar-refractivity contribution >= 4 is 11.8 Å². The van der Waals surface area contributed by atoms with Crippen LogP contribution in [0.2, 0.25) is 0 Å². The number of aryl methyl sites for hydroxylation is 1. The molecule has 0 N–H and O–H groups in total. The first-order chi connectivity index (χ1) is 6.22. The van der Waals surface area contributed by atoms with Gasteiger partial charge in [-0.05, 0) is 19.1 Å². The first-order valence-electron chi connectivity index (χ1n) is 4.32. The molecule has 13 heavy (non-hydrogen) atoms. The van der Waals surface area contributed by atoms with Gasteiger partial charge in [-0.15, -0.1) is 11.8 Å². The van der Waals surface area contributed by atoms with E-state index in [4.69, 9.17) is 5.26 Å². The van der Waals surface area contributed by atoms with Crippen LogP contribution in [0.1, 0.15) is 18.9 Å². The SMILES string of the molecule is Cc1cccc(SC(C)CC#N)c1. The molecule has 0 heterocycles. The van der Waals surface area contributed by atoms with Crippen LogP contribution in [-0.4, -0.2) is 5.25 Å². The van der Waals surface area contributed by atoms with Crippen molar-refractivity contribution in [3.05, 3.63) is 29.8 Å². The van der Waals surface area contributed by atoms with Gasteiger partial charge in [0, 0.05) is 16.6 Å². The molecular weight excluding hydrogens is 178 g/mol. The fraction of sp³-hybridized carbons (Fsp3) is 0.364. The Kier molecular flexibility index (Phi) is 3.85. The second kappa shape index (κ2) is 4.94. The molecule has 1 rings (SSSR count). The summed E-state index contributed by atoms with van der Waals surface area (Å²) in [6.07, 6.45) is 0.610. The van der Waals surface area contributed by atoms with E-state index >= 15 is 0 Å². The van der Waals surface area contributed by atoms with Crippen molar-refractivity contribution in [3.63, 3.8) is 0 Å². The molecule has 1 aromatic carbocycles. The third-order valence-corrected chi connectivity index (χ3v) is 2.80. The minimum absolute atomic E-state index is 0.381. The van der Waals surface area contributed by atoms with Gasteiger partial charge >= 0.3 is 0 Å². The van der Waals surface area contributed by atoms with E-state index in [1.165, 1.54) is 10.5 Å². The van der Waals surface area contributed by atoms with Crippen LogP contribution in [0.5, 0.6) is 0 Å². The molecule has 0 aliphatic carbocycles. The smallest absolute Gasteiger partial charge is 0.0633 e. The van der Waals surface area contributed by atoms with Gasteiger partial charge in [0.2, 0.25) is 0 Å². The summed E-state index contributed by atoms with van der Waals surface area (Å²) in [4.78, 5) is 1.25. The molecule has 0 bridgehead atoms. The summed E-state index contributed by atoms with van der Waals surface area (Å²) < 4.78 is 0. The molecular formula is C11H13NS. The first kappa shape index (κ1) is 10.1. The molecule has 0 saturated carbocycles. The van der Waals surface area contributed by atoms with Crippen molar-refractivity contribution < 1.29 is 0 Å². The molecule has 0 radical (unpaired) electrons. The van der Waals surface area contributed by atoms with E-state index in [-0.39, 0.29) is 0 Å². The van der Waals surface area contributed by atoms with Gasteiger partial charge in [-0.25, -0.2) is 0 Å². The summed E-state index contributed by atoms with van der Waals surface area (Å²) in [7, 11) is 0. The molecule has 1 nitrogen and oxygen atoms in total. The molecule has 1 unspecified atom stereocenters. The maximum atomic E-state index is 8.51. The lowest BCUT2D eigenvalue weighted by Crippen LogP contribution is -1.92. The van der Waals surface area contributed by atoms with Crippen molar-refractivity contribution in [3.8, 4) is 6.07 Å². The summed E-state index contributed by atoms with van der Waals surface area (Å²) in [5.74, 6) is 0. The summed E-state index contributed by atoms with van der Waals surface area (Å²) in [5, 5.41) is 8.89. The van der Waals surface area contributed by atoms with Crippen molar-refractivity contribution in [1.29, 1.82) is 5.26 Å². The van der Waals surface area contributed by atoms with Crippen molar-refractivity contribution in [2.45, 2.75) is 30.4 Å². The lowest BCUT2D eigenvalue weighted by molar-refractivity contribution is 0.989. The number of hydrogen-bond acceptors (Lipinski definition) is 2. The average molecular weight is 191 g/mol. The van der Waals surface area contributed by atoms with Crippen molar-refractivity contribution in [2.24, 2.45) is 0 Å². The highest BCUT2D eigenvalue weighted by molar-refractivity contribution is 8.00. The van der Waals surface area contributed by atoms with Crippen LogP contribution in [-0.2, 0) is 0 Å². The number of rotatable bonds is 3. The third kappa shape index (κ3) is 3.52. The van der Waals surface area contributed by atoms with E-state index in [1.54, 1.807) is 11.8 Å². The quantitative estimate of drug-likeness (QED) is 0.684. The summed E-state index contributed by atoms with van der Waals surface area (Å²) in [6, 6.07) is 10.6.